The van der Waals surface area contributed by atoms with Gasteiger partial charge in [-0.2, -0.15) is 12.6 Å². The summed E-state index contributed by atoms with van der Waals surface area (Å²) in [7, 11) is 0. The van der Waals surface area contributed by atoms with Crippen LogP contribution in [0.15, 0.2) is 60.2 Å². The molecule has 0 atom stereocenters. The second-order valence-corrected chi connectivity index (χ2v) is 5.12. The minimum Gasteiger partial charge on any atom is -0.461 e. The Morgan fingerprint density at radius 1 is 1.05 bits per heavy atom. The van der Waals surface area contributed by atoms with Crippen LogP contribution >= 0.6 is 12.6 Å². The van der Waals surface area contributed by atoms with Crippen molar-refractivity contribution in [2.75, 3.05) is 12.4 Å². The van der Waals surface area contributed by atoms with Gasteiger partial charge in [-0.05, 0) is 29.7 Å². The Labute approximate surface area is 130 Å². The molecule has 21 heavy (non-hydrogen) atoms. The molecule has 0 saturated carbocycles. The minimum absolute atomic E-state index is 0.295. The molecule has 0 radical (unpaired) electrons. The van der Waals surface area contributed by atoms with E-state index in [1.807, 2.05) is 48.5 Å². The molecule has 0 N–H and O–H groups in total. The molecule has 0 aliphatic rings. The fraction of sp³-hybridized carbons (Fsp3) is 0.167. The number of carbonyl (C=O) groups is 1. The summed E-state index contributed by atoms with van der Waals surface area (Å²) >= 11 is 4.01. The van der Waals surface area contributed by atoms with E-state index in [9.17, 15) is 4.79 Å². The van der Waals surface area contributed by atoms with E-state index in [1.165, 1.54) is 5.56 Å². The van der Waals surface area contributed by atoms with Crippen molar-refractivity contribution in [3.63, 3.8) is 0 Å². The van der Waals surface area contributed by atoms with E-state index in [2.05, 4.69) is 24.8 Å². The predicted molar refractivity (Wildman–Crippen MR) is 90.3 cm³/mol. The summed E-state index contributed by atoms with van der Waals surface area (Å²) in [6.07, 6.45) is 1.83. The van der Waals surface area contributed by atoms with E-state index in [0.717, 1.165) is 11.1 Å². The lowest BCUT2D eigenvalue weighted by atomic mass is 10.0. The zero-order chi connectivity index (χ0) is 15.1. The van der Waals surface area contributed by atoms with Crippen molar-refractivity contribution in [2.45, 2.75) is 6.92 Å². The van der Waals surface area contributed by atoms with Crippen LogP contribution in [0.3, 0.4) is 0 Å². The Morgan fingerprint density at radius 2 is 1.67 bits per heavy atom. The third kappa shape index (κ3) is 4.50. The largest absolute Gasteiger partial charge is 0.461 e. The van der Waals surface area contributed by atoms with Crippen molar-refractivity contribution in [3.8, 4) is 11.1 Å². The molecule has 0 aliphatic heterocycles. The maximum absolute atomic E-state index is 11.7. The third-order valence-corrected chi connectivity index (χ3v) is 3.23. The van der Waals surface area contributed by atoms with Crippen LogP contribution in [-0.2, 0) is 9.53 Å². The molecule has 0 aromatic heterocycles. The highest BCUT2D eigenvalue weighted by Crippen LogP contribution is 2.20. The van der Waals surface area contributed by atoms with Crippen LogP contribution in [0, 0.1) is 0 Å². The fourth-order valence-corrected chi connectivity index (χ4v) is 2.05. The van der Waals surface area contributed by atoms with Crippen LogP contribution in [0.2, 0.25) is 0 Å². The number of benzene rings is 2. The van der Waals surface area contributed by atoms with Gasteiger partial charge in [-0.1, -0.05) is 54.6 Å². The second kappa shape index (κ2) is 7.70. The molecule has 3 heteroatoms. The maximum Gasteiger partial charge on any atom is 0.333 e. The summed E-state index contributed by atoms with van der Waals surface area (Å²) in [6, 6.07) is 18.3. The van der Waals surface area contributed by atoms with Crippen molar-refractivity contribution >= 4 is 24.7 Å². The summed E-state index contributed by atoms with van der Waals surface area (Å²) in [5.41, 5.74) is 3.90. The van der Waals surface area contributed by atoms with Gasteiger partial charge in [0.2, 0.25) is 0 Å². The van der Waals surface area contributed by atoms with Gasteiger partial charge < -0.3 is 4.74 Å². The number of carbonyl (C=O) groups excluding carboxylic acids is 1. The number of rotatable bonds is 5. The summed E-state index contributed by atoms with van der Waals surface area (Å²) in [5.74, 6) is 0.237. The second-order valence-electron chi connectivity index (χ2n) is 4.67. The SMILES string of the molecule is C/C(=C\c1ccc(-c2ccccc2)cc1)C(=O)OCCS. The lowest BCUT2D eigenvalue weighted by Crippen LogP contribution is -2.07. The number of esters is 1. The highest BCUT2D eigenvalue weighted by atomic mass is 32.1. The number of thiol groups is 1. The maximum atomic E-state index is 11.7. The first kappa shape index (κ1) is 15.4. The molecule has 0 unspecified atom stereocenters. The molecule has 0 aliphatic carbocycles. The van der Waals surface area contributed by atoms with Crippen molar-refractivity contribution in [1.82, 2.24) is 0 Å². The highest BCUT2D eigenvalue weighted by molar-refractivity contribution is 7.80. The first-order chi connectivity index (χ1) is 10.2. The summed E-state index contributed by atoms with van der Waals surface area (Å²) in [5, 5.41) is 0. The van der Waals surface area contributed by atoms with Gasteiger partial charge >= 0.3 is 5.97 Å². The summed E-state index contributed by atoms with van der Waals surface area (Å²) < 4.78 is 5.03. The molecule has 108 valence electrons. The quantitative estimate of drug-likeness (QED) is 0.508. The van der Waals surface area contributed by atoms with Gasteiger partial charge in [0.1, 0.15) is 6.61 Å². The molecule has 0 amide bonds. The van der Waals surface area contributed by atoms with Crippen LogP contribution in [0.4, 0.5) is 0 Å². The van der Waals surface area contributed by atoms with Crippen molar-refractivity contribution < 1.29 is 9.53 Å². The van der Waals surface area contributed by atoms with E-state index < -0.39 is 0 Å². The molecular formula is C18H18O2S. The predicted octanol–water partition coefficient (Wildman–Crippen LogP) is 4.23. The van der Waals surface area contributed by atoms with Gasteiger partial charge in [-0.3, -0.25) is 0 Å². The van der Waals surface area contributed by atoms with Gasteiger partial charge in [0, 0.05) is 11.3 Å². The Morgan fingerprint density at radius 3 is 2.29 bits per heavy atom. The van der Waals surface area contributed by atoms with Crippen LogP contribution < -0.4 is 0 Å². The van der Waals surface area contributed by atoms with Crippen LogP contribution in [-0.4, -0.2) is 18.3 Å². The molecule has 0 heterocycles. The van der Waals surface area contributed by atoms with E-state index in [4.69, 9.17) is 4.74 Å². The van der Waals surface area contributed by atoms with Crippen molar-refractivity contribution in [1.29, 1.82) is 0 Å². The number of hydrogen-bond acceptors (Lipinski definition) is 3. The first-order valence-corrected chi connectivity index (χ1v) is 7.46. The lowest BCUT2D eigenvalue weighted by molar-refractivity contribution is -0.138. The van der Waals surface area contributed by atoms with Gasteiger partial charge in [0.05, 0.1) is 0 Å². The standard InChI is InChI=1S/C18H18O2S/c1-14(18(19)20-11-12-21)13-15-7-9-17(10-8-15)16-5-3-2-4-6-16/h2-10,13,21H,11-12H2,1H3/b14-13+. The Hall–Kier alpha value is -2.00. The third-order valence-electron chi connectivity index (χ3n) is 3.05. The zero-order valence-electron chi connectivity index (χ0n) is 12.0. The molecule has 0 saturated heterocycles. The van der Waals surface area contributed by atoms with Gasteiger partial charge in [-0.25, -0.2) is 4.79 Å². The molecule has 2 aromatic rings. The smallest absolute Gasteiger partial charge is 0.333 e. The Bertz CT molecular complexity index is 615. The normalized spacial score (nSPS) is 11.2. The van der Waals surface area contributed by atoms with Gasteiger partial charge in [0.15, 0.2) is 0 Å². The average molecular weight is 298 g/mol. The number of hydrogen-bond donors (Lipinski definition) is 1. The van der Waals surface area contributed by atoms with E-state index >= 15 is 0 Å². The average Bonchev–Trinajstić information content (AvgIpc) is 2.54. The van der Waals surface area contributed by atoms with Crippen LogP contribution in [0.25, 0.3) is 17.2 Å². The molecule has 0 spiro atoms. The Kier molecular flexibility index (Phi) is 5.64. The first-order valence-electron chi connectivity index (χ1n) is 6.82. The van der Waals surface area contributed by atoms with Crippen molar-refractivity contribution in [2.24, 2.45) is 0 Å². The van der Waals surface area contributed by atoms with Gasteiger partial charge in [0.25, 0.3) is 0 Å². The van der Waals surface area contributed by atoms with E-state index in [-0.39, 0.29) is 5.97 Å². The summed E-state index contributed by atoms with van der Waals surface area (Å²) in [6.45, 7) is 2.09. The zero-order valence-corrected chi connectivity index (χ0v) is 12.8. The lowest BCUT2D eigenvalue weighted by Gasteiger charge is -2.04. The molecule has 0 bridgehead atoms. The minimum atomic E-state index is -0.295. The Balaban J connectivity index is 2.10. The van der Waals surface area contributed by atoms with E-state index in [0.29, 0.717) is 17.9 Å². The van der Waals surface area contributed by atoms with E-state index in [1.54, 1.807) is 6.92 Å². The highest BCUT2D eigenvalue weighted by Gasteiger charge is 2.05. The molecule has 2 nitrogen and oxygen atoms in total. The fourth-order valence-electron chi connectivity index (χ4n) is 1.96. The molecule has 0 fully saturated rings. The number of ether oxygens (including phenoxy) is 1. The van der Waals surface area contributed by atoms with Gasteiger partial charge in [-0.15, -0.1) is 0 Å². The monoisotopic (exact) mass is 298 g/mol. The molecule has 2 rings (SSSR count). The topological polar surface area (TPSA) is 26.3 Å². The molecular weight excluding hydrogens is 280 g/mol. The van der Waals surface area contributed by atoms with Crippen LogP contribution in [0.1, 0.15) is 12.5 Å². The van der Waals surface area contributed by atoms with Crippen molar-refractivity contribution in [3.05, 3.63) is 65.7 Å². The summed E-state index contributed by atoms with van der Waals surface area (Å²) in [4.78, 5) is 11.7. The molecule has 2 aromatic carbocycles. The van der Waals surface area contributed by atoms with Crippen LogP contribution in [0.5, 0.6) is 0 Å².